The first kappa shape index (κ1) is 19.1. The van der Waals surface area contributed by atoms with Crippen LogP contribution in [0.2, 0.25) is 0 Å². The van der Waals surface area contributed by atoms with Gasteiger partial charge in [-0.2, -0.15) is 0 Å². The van der Waals surface area contributed by atoms with Crippen LogP contribution in [0.25, 0.3) is 0 Å². The molecule has 0 N–H and O–H groups in total. The lowest BCUT2D eigenvalue weighted by Gasteiger charge is -2.20. The topological polar surface area (TPSA) is 65.1 Å². The molecule has 1 amide bonds. The number of hydrogen-bond acceptors (Lipinski definition) is 5. The first-order chi connectivity index (χ1) is 13.7. The molecule has 28 heavy (non-hydrogen) atoms. The van der Waals surface area contributed by atoms with E-state index in [1.165, 1.54) is 13.2 Å². The highest BCUT2D eigenvalue weighted by molar-refractivity contribution is 5.95. The fourth-order valence-electron chi connectivity index (χ4n) is 2.40. The summed E-state index contributed by atoms with van der Waals surface area (Å²) in [4.78, 5) is 36.0. The lowest BCUT2D eigenvalue weighted by molar-refractivity contribution is -0.300. The molecule has 6 nitrogen and oxygen atoms in total. The van der Waals surface area contributed by atoms with Gasteiger partial charge in [0.2, 0.25) is 0 Å². The molecule has 6 heteroatoms. The minimum Gasteiger partial charge on any atom is -0.497 e. The summed E-state index contributed by atoms with van der Waals surface area (Å²) in [7, 11) is 1.50. The molecule has 0 aliphatic carbocycles. The third-order valence-electron chi connectivity index (χ3n) is 3.85. The standard InChI is InChI=1S/C22H19NO5/c1-26-20-14-8-13-19(15-20)22(25)28-23(21(24)18-11-6-3-7-12-18)27-16-17-9-4-2-5-10-17/h2-15H,16H2,1H3. The molecule has 0 unspecified atom stereocenters. The second kappa shape index (κ2) is 9.34. The Morgan fingerprint density at radius 3 is 2.14 bits per heavy atom. The van der Waals surface area contributed by atoms with E-state index in [4.69, 9.17) is 14.4 Å². The van der Waals surface area contributed by atoms with Crippen molar-refractivity contribution in [1.82, 2.24) is 5.23 Å². The van der Waals surface area contributed by atoms with E-state index in [-0.39, 0.29) is 12.2 Å². The number of carbonyl (C=O) groups is 2. The van der Waals surface area contributed by atoms with Crippen LogP contribution in [0, 0.1) is 0 Å². The van der Waals surface area contributed by atoms with Crippen molar-refractivity contribution in [3.8, 4) is 5.75 Å². The Bertz CT molecular complexity index is 928. The average Bonchev–Trinajstić information content (AvgIpc) is 2.77. The summed E-state index contributed by atoms with van der Waals surface area (Å²) in [5.41, 5.74) is 1.38. The smallest absolute Gasteiger partial charge is 0.366 e. The molecular weight excluding hydrogens is 358 g/mol. The van der Waals surface area contributed by atoms with E-state index >= 15 is 0 Å². The summed E-state index contributed by atoms with van der Waals surface area (Å²) in [6.07, 6.45) is 0. The molecule has 0 bridgehead atoms. The number of carbonyl (C=O) groups excluding carboxylic acids is 2. The van der Waals surface area contributed by atoms with E-state index in [1.807, 2.05) is 30.3 Å². The number of benzene rings is 3. The molecule has 3 aromatic rings. The van der Waals surface area contributed by atoms with Gasteiger partial charge in [-0.25, -0.2) is 9.63 Å². The Labute approximate surface area is 162 Å². The van der Waals surface area contributed by atoms with Crippen LogP contribution in [0.15, 0.2) is 84.9 Å². The zero-order valence-electron chi connectivity index (χ0n) is 15.3. The summed E-state index contributed by atoms with van der Waals surface area (Å²) >= 11 is 0. The number of hydrogen-bond donors (Lipinski definition) is 0. The zero-order valence-corrected chi connectivity index (χ0v) is 15.3. The lowest BCUT2D eigenvalue weighted by Crippen LogP contribution is -2.33. The van der Waals surface area contributed by atoms with Crippen molar-refractivity contribution in [2.45, 2.75) is 6.61 Å². The molecule has 0 atom stereocenters. The molecule has 142 valence electrons. The molecule has 0 saturated carbocycles. The molecule has 0 saturated heterocycles. The van der Waals surface area contributed by atoms with E-state index in [2.05, 4.69) is 0 Å². The Balaban J connectivity index is 1.78. The van der Waals surface area contributed by atoms with Gasteiger partial charge >= 0.3 is 11.9 Å². The largest absolute Gasteiger partial charge is 0.497 e. The van der Waals surface area contributed by atoms with Crippen LogP contribution in [0.3, 0.4) is 0 Å². The Morgan fingerprint density at radius 1 is 0.821 bits per heavy atom. The van der Waals surface area contributed by atoms with E-state index in [9.17, 15) is 9.59 Å². The van der Waals surface area contributed by atoms with Crippen molar-refractivity contribution in [2.24, 2.45) is 0 Å². The predicted molar refractivity (Wildman–Crippen MR) is 102 cm³/mol. The normalized spacial score (nSPS) is 10.2. The summed E-state index contributed by atoms with van der Waals surface area (Å²) in [5.74, 6) is -0.829. The summed E-state index contributed by atoms with van der Waals surface area (Å²) in [6.45, 7) is 0.0603. The quantitative estimate of drug-likeness (QED) is 0.607. The van der Waals surface area contributed by atoms with Gasteiger partial charge < -0.3 is 9.57 Å². The number of ether oxygens (including phenoxy) is 1. The van der Waals surface area contributed by atoms with E-state index in [1.54, 1.807) is 48.5 Å². The number of methoxy groups -OCH3 is 1. The monoisotopic (exact) mass is 377 g/mol. The number of amides is 1. The molecule has 0 spiro atoms. The van der Waals surface area contributed by atoms with Gasteiger partial charge in [0.25, 0.3) is 0 Å². The number of nitrogens with zero attached hydrogens (tertiary/aromatic N) is 1. The van der Waals surface area contributed by atoms with Gasteiger partial charge in [-0.05, 0) is 41.1 Å². The highest BCUT2D eigenvalue weighted by Crippen LogP contribution is 2.16. The number of rotatable bonds is 6. The summed E-state index contributed by atoms with van der Waals surface area (Å²) < 4.78 is 5.11. The van der Waals surface area contributed by atoms with E-state index in [0.717, 1.165) is 5.56 Å². The fraction of sp³-hybridized carbons (Fsp3) is 0.0909. The van der Waals surface area contributed by atoms with Crippen LogP contribution in [0.5, 0.6) is 5.75 Å². The minimum atomic E-state index is -0.740. The van der Waals surface area contributed by atoms with Gasteiger partial charge in [0, 0.05) is 5.56 Å². The molecule has 0 heterocycles. The number of hydroxylamine groups is 2. The van der Waals surface area contributed by atoms with E-state index < -0.39 is 11.9 Å². The van der Waals surface area contributed by atoms with Crippen molar-refractivity contribution in [1.29, 1.82) is 0 Å². The first-order valence-corrected chi connectivity index (χ1v) is 8.60. The maximum absolute atomic E-state index is 12.8. The molecule has 0 aliphatic rings. The fourth-order valence-corrected chi connectivity index (χ4v) is 2.40. The third-order valence-corrected chi connectivity index (χ3v) is 3.85. The van der Waals surface area contributed by atoms with Crippen LogP contribution in [-0.4, -0.2) is 24.2 Å². The summed E-state index contributed by atoms with van der Waals surface area (Å²) in [5, 5.41) is 0.615. The van der Waals surface area contributed by atoms with Crippen LogP contribution in [0.1, 0.15) is 26.3 Å². The van der Waals surface area contributed by atoms with Crippen molar-refractivity contribution >= 4 is 11.9 Å². The highest BCUT2D eigenvalue weighted by Gasteiger charge is 2.23. The molecule has 0 aromatic heterocycles. The predicted octanol–water partition coefficient (Wildman–Crippen LogP) is 4.04. The Kier molecular flexibility index (Phi) is 6.38. The maximum Gasteiger partial charge on any atom is 0.366 e. The lowest BCUT2D eigenvalue weighted by atomic mass is 10.2. The van der Waals surface area contributed by atoms with Crippen LogP contribution < -0.4 is 4.74 Å². The van der Waals surface area contributed by atoms with Gasteiger partial charge in [-0.1, -0.05) is 54.6 Å². The second-order valence-corrected chi connectivity index (χ2v) is 5.80. The van der Waals surface area contributed by atoms with Gasteiger partial charge in [0.15, 0.2) is 0 Å². The SMILES string of the molecule is COc1cccc(C(=O)ON(OCc2ccccc2)C(=O)c2ccccc2)c1. The van der Waals surface area contributed by atoms with Crippen molar-refractivity contribution in [2.75, 3.05) is 7.11 Å². The zero-order chi connectivity index (χ0) is 19.8. The van der Waals surface area contributed by atoms with Crippen LogP contribution >= 0.6 is 0 Å². The van der Waals surface area contributed by atoms with Crippen molar-refractivity contribution in [3.05, 3.63) is 102 Å². The molecule has 0 fully saturated rings. The molecule has 3 rings (SSSR count). The molecular formula is C22H19NO5. The second-order valence-electron chi connectivity index (χ2n) is 5.80. The van der Waals surface area contributed by atoms with Gasteiger partial charge in [0.05, 0.1) is 12.7 Å². The highest BCUT2D eigenvalue weighted by atomic mass is 17.0. The molecule has 0 aliphatic heterocycles. The van der Waals surface area contributed by atoms with Gasteiger partial charge in [0.1, 0.15) is 12.4 Å². The van der Waals surface area contributed by atoms with E-state index in [0.29, 0.717) is 16.5 Å². The molecule has 3 aromatic carbocycles. The van der Waals surface area contributed by atoms with Gasteiger partial charge in [-0.15, -0.1) is 0 Å². The Hall–Kier alpha value is -3.64. The molecule has 0 radical (unpaired) electrons. The maximum atomic E-state index is 12.8. The van der Waals surface area contributed by atoms with Gasteiger partial charge in [-0.3, -0.25) is 4.79 Å². The summed E-state index contributed by atoms with van der Waals surface area (Å²) in [6, 6.07) is 24.1. The average molecular weight is 377 g/mol. The van der Waals surface area contributed by atoms with Crippen molar-refractivity contribution < 1.29 is 24.0 Å². The van der Waals surface area contributed by atoms with Crippen molar-refractivity contribution in [3.63, 3.8) is 0 Å². The van der Waals surface area contributed by atoms with Crippen LogP contribution in [-0.2, 0) is 16.3 Å². The Morgan fingerprint density at radius 2 is 1.46 bits per heavy atom. The first-order valence-electron chi connectivity index (χ1n) is 8.60. The minimum absolute atomic E-state index is 0.0603. The third kappa shape index (κ3) is 4.96. The van der Waals surface area contributed by atoms with Crippen LogP contribution in [0.4, 0.5) is 0 Å².